The van der Waals surface area contributed by atoms with Crippen molar-refractivity contribution >= 4 is 5.95 Å². The van der Waals surface area contributed by atoms with Gasteiger partial charge in [0.25, 0.3) is 0 Å². The first-order chi connectivity index (χ1) is 10.1. The van der Waals surface area contributed by atoms with Gasteiger partial charge in [-0.15, -0.1) is 0 Å². The van der Waals surface area contributed by atoms with Gasteiger partial charge in [0.1, 0.15) is 5.82 Å². The van der Waals surface area contributed by atoms with Gasteiger partial charge in [0.05, 0.1) is 6.61 Å². The van der Waals surface area contributed by atoms with E-state index in [0.29, 0.717) is 6.61 Å². The summed E-state index contributed by atoms with van der Waals surface area (Å²) in [5.74, 6) is 0.647. The number of rotatable bonds is 7. The van der Waals surface area contributed by atoms with Crippen molar-refractivity contribution in [3.8, 4) is 0 Å². The van der Waals surface area contributed by atoms with Crippen LogP contribution in [0, 0.1) is 12.7 Å². The number of nitrogens with one attached hydrogen (secondary N) is 1. The summed E-state index contributed by atoms with van der Waals surface area (Å²) < 4.78 is 20.3. The van der Waals surface area contributed by atoms with Gasteiger partial charge >= 0.3 is 0 Å². The normalized spacial score (nSPS) is 12.4. The van der Waals surface area contributed by atoms with Crippen molar-refractivity contribution in [1.82, 2.24) is 9.55 Å². The molecule has 0 fully saturated rings. The molecule has 1 atom stereocenters. The molecule has 0 aliphatic rings. The minimum absolute atomic E-state index is 0.186. The Morgan fingerprint density at radius 2 is 2.24 bits per heavy atom. The molecule has 0 spiro atoms. The highest BCUT2D eigenvalue weighted by Gasteiger charge is 2.08. The molecule has 0 aliphatic heterocycles. The topological polar surface area (TPSA) is 39.1 Å². The molecular formula is C16H22FN3O. The zero-order valence-electron chi connectivity index (χ0n) is 12.8. The standard InChI is InChI=1S/C16H22FN3O/c1-12-10-15(17)5-4-14(12)6-8-20-9-7-18-16(20)19-13(2)11-21-3/h4-5,7,9-10,13H,6,8,11H2,1-3H3,(H,18,19). The lowest BCUT2D eigenvalue weighted by Crippen LogP contribution is -2.23. The van der Waals surface area contributed by atoms with Gasteiger partial charge in [-0.3, -0.25) is 0 Å². The van der Waals surface area contributed by atoms with E-state index in [1.165, 1.54) is 6.07 Å². The van der Waals surface area contributed by atoms with Crippen LogP contribution >= 0.6 is 0 Å². The molecule has 2 aromatic rings. The van der Waals surface area contributed by atoms with E-state index in [4.69, 9.17) is 4.74 Å². The summed E-state index contributed by atoms with van der Waals surface area (Å²) in [6.07, 6.45) is 4.57. The summed E-state index contributed by atoms with van der Waals surface area (Å²) >= 11 is 0. The molecule has 5 heteroatoms. The number of halogens is 1. The number of aryl methyl sites for hydroxylation is 3. The molecule has 114 valence electrons. The van der Waals surface area contributed by atoms with Crippen molar-refractivity contribution in [1.29, 1.82) is 0 Å². The van der Waals surface area contributed by atoms with E-state index in [1.54, 1.807) is 19.4 Å². The van der Waals surface area contributed by atoms with Crippen LogP contribution in [0.2, 0.25) is 0 Å². The van der Waals surface area contributed by atoms with Crippen LogP contribution in [0.25, 0.3) is 0 Å². The van der Waals surface area contributed by atoms with E-state index in [1.807, 2.05) is 26.1 Å². The Morgan fingerprint density at radius 1 is 1.43 bits per heavy atom. The fraction of sp³-hybridized carbons (Fsp3) is 0.438. The van der Waals surface area contributed by atoms with Gasteiger partial charge < -0.3 is 14.6 Å². The van der Waals surface area contributed by atoms with Crippen LogP contribution in [0.5, 0.6) is 0 Å². The monoisotopic (exact) mass is 291 g/mol. The van der Waals surface area contributed by atoms with Crippen molar-refractivity contribution in [2.24, 2.45) is 0 Å². The third-order valence-corrected chi connectivity index (χ3v) is 3.43. The molecule has 1 heterocycles. The predicted molar refractivity (Wildman–Crippen MR) is 82.0 cm³/mol. The minimum Gasteiger partial charge on any atom is -0.383 e. The Labute approximate surface area is 125 Å². The molecule has 1 aromatic carbocycles. The van der Waals surface area contributed by atoms with Crippen LogP contribution < -0.4 is 5.32 Å². The molecule has 0 amide bonds. The molecule has 0 aliphatic carbocycles. The maximum Gasteiger partial charge on any atom is 0.203 e. The molecule has 2 rings (SSSR count). The quantitative estimate of drug-likeness (QED) is 0.852. The number of anilines is 1. The number of hydrogen-bond acceptors (Lipinski definition) is 3. The van der Waals surface area contributed by atoms with E-state index < -0.39 is 0 Å². The van der Waals surface area contributed by atoms with Crippen molar-refractivity contribution in [2.75, 3.05) is 19.0 Å². The molecule has 1 N–H and O–H groups in total. The largest absolute Gasteiger partial charge is 0.383 e. The Hall–Kier alpha value is -1.88. The second kappa shape index (κ2) is 7.22. The van der Waals surface area contributed by atoms with Crippen LogP contribution in [0.3, 0.4) is 0 Å². The van der Waals surface area contributed by atoms with E-state index in [9.17, 15) is 4.39 Å². The first-order valence-corrected chi connectivity index (χ1v) is 7.11. The highest BCUT2D eigenvalue weighted by molar-refractivity contribution is 5.29. The molecule has 0 saturated carbocycles. The Balaban J connectivity index is 1.99. The summed E-state index contributed by atoms with van der Waals surface area (Å²) in [6, 6.07) is 5.13. The first kappa shape index (κ1) is 15.5. The lowest BCUT2D eigenvalue weighted by atomic mass is 10.1. The number of imidazole rings is 1. The highest BCUT2D eigenvalue weighted by Crippen LogP contribution is 2.13. The van der Waals surface area contributed by atoms with Gasteiger partial charge in [-0.2, -0.15) is 0 Å². The third-order valence-electron chi connectivity index (χ3n) is 3.43. The van der Waals surface area contributed by atoms with Gasteiger partial charge in [-0.1, -0.05) is 6.07 Å². The van der Waals surface area contributed by atoms with E-state index in [-0.39, 0.29) is 11.9 Å². The third kappa shape index (κ3) is 4.29. The summed E-state index contributed by atoms with van der Waals surface area (Å²) in [5, 5.41) is 3.32. The fourth-order valence-electron chi connectivity index (χ4n) is 2.32. The molecule has 4 nitrogen and oxygen atoms in total. The maximum absolute atomic E-state index is 13.1. The van der Waals surface area contributed by atoms with Crippen molar-refractivity contribution in [3.63, 3.8) is 0 Å². The number of ether oxygens (including phenoxy) is 1. The van der Waals surface area contributed by atoms with E-state index in [2.05, 4.69) is 14.9 Å². The highest BCUT2D eigenvalue weighted by atomic mass is 19.1. The van der Waals surface area contributed by atoms with Gasteiger partial charge in [0.2, 0.25) is 5.95 Å². The number of aromatic nitrogens is 2. The average molecular weight is 291 g/mol. The number of benzene rings is 1. The molecule has 0 bridgehead atoms. The average Bonchev–Trinajstić information content (AvgIpc) is 2.85. The first-order valence-electron chi connectivity index (χ1n) is 7.11. The van der Waals surface area contributed by atoms with Gasteiger partial charge in [0.15, 0.2) is 0 Å². The smallest absolute Gasteiger partial charge is 0.203 e. The summed E-state index contributed by atoms with van der Waals surface area (Å²) in [5.41, 5.74) is 2.14. The van der Waals surface area contributed by atoms with Crippen LogP contribution in [0.15, 0.2) is 30.6 Å². The van der Waals surface area contributed by atoms with Crippen LogP contribution in [0.4, 0.5) is 10.3 Å². The van der Waals surface area contributed by atoms with Gasteiger partial charge in [-0.05, 0) is 43.5 Å². The number of nitrogens with zero attached hydrogens (tertiary/aromatic N) is 2. The molecule has 0 saturated heterocycles. The van der Waals surface area contributed by atoms with Crippen LogP contribution in [0.1, 0.15) is 18.1 Å². The SMILES string of the molecule is COCC(C)Nc1nccn1CCc1ccc(F)cc1C. The van der Waals surface area contributed by atoms with Crippen molar-refractivity contribution < 1.29 is 9.13 Å². The summed E-state index contributed by atoms with van der Waals surface area (Å²) in [6.45, 7) is 5.41. The summed E-state index contributed by atoms with van der Waals surface area (Å²) in [4.78, 5) is 4.32. The lowest BCUT2D eigenvalue weighted by molar-refractivity contribution is 0.190. The van der Waals surface area contributed by atoms with E-state index >= 15 is 0 Å². The zero-order valence-corrected chi connectivity index (χ0v) is 12.8. The molecule has 1 unspecified atom stereocenters. The molecule has 1 aromatic heterocycles. The molecular weight excluding hydrogens is 269 g/mol. The second-order valence-electron chi connectivity index (χ2n) is 5.27. The Bertz CT molecular complexity index is 583. The van der Waals surface area contributed by atoms with Crippen LogP contribution in [-0.4, -0.2) is 29.3 Å². The Kier molecular flexibility index (Phi) is 5.33. The van der Waals surface area contributed by atoms with Crippen molar-refractivity contribution in [2.45, 2.75) is 32.9 Å². The Morgan fingerprint density at radius 3 is 2.95 bits per heavy atom. The predicted octanol–water partition coefficient (Wildman–Crippen LogP) is 3.02. The zero-order chi connectivity index (χ0) is 15.2. The van der Waals surface area contributed by atoms with Crippen molar-refractivity contribution in [3.05, 3.63) is 47.5 Å². The molecule has 0 radical (unpaired) electrons. The lowest BCUT2D eigenvalue weighted by Gasteiger charge is -2.15. The van der Waals surface area contributed by atoms with E-state index in [0.717, 1.165) is 30.0 Å². The summed E-state index contributed by atoms with van der Waals surface area (Å²) in [7, 11) is 1.68. The molecule has 21 heavy (non-hydrogen) atoms. The second-order valence-corrected chi connectivity index (χ2v) is 5.27. The van der Waals surface area contributed by atoms with Gasteiger partial charge in [-0.25, -0.2) is 9.37 Å². The number of methoxy groups -OCH3 is 1. The maximum atomic E-state index is 13.1. The van der Waals surface area contributed by atoms with Gasteiger partial charge in [0, 0.05) is 32.1 Å². The fourth-order valence-corrected chi connectivity index (χ4v) is 2.32. The number of hydrogen-bond donors (Lipinski definition) is 1. The van der Waals surface area contributed by atoms with Crippen LogP contribution in [-0.2, 0) is 17.7 Å². The minimum atomic E-state index is -0.186.